The van der Waals surface area contributed by atoms with E-state index in [1.165, 1.54) is 11.5 Å². The minimum absolute atomic E-state index is 0.436. The summed E-state index contributed by atoms with van der Waals surface area (Å²) in [5.41, 5.74) is 0. The van der Waals surface area contributed by atoms with E-state index in [9.17, 15) is 0 Å². The molecule has 0 saturated carbocycles. The zero-order valence-electron chi connectivity index (χ0n) is 9.38. The first-order valence-electron chi connectivity index (χ1n) is 5.47. The maximum absolute atomic E-state index is 4.42. The molecule has 0 amide bonds. The third-order valence-corrected chi connectivity index (χ3v) is 4.17. The summed E-state index contributed by atoms with van der Waals surface area (Å²) in [7, 11) is 0. The predicted octanol–water partition coefficient (Wildman–Crippen LogP) is 2.26. The molecule has 0 aromatic carbocycles. The molecular formula is C10H12BrN5S. The van der Waals surface area contributed by atoms with E-state index in [4.69, 9.17) is 0 Å². The number of anilines is 1. The molecule has 0 spiro atoms. The fourth-order valence-corrected chi connectivity index (χ4v) is 3.07. The highest BCUT2D eigenvalue weighted by Gasteiger charge is 2.26. The molecule has 1 aliphatic heterocycles. The lowest BCUT2D eigenvalue weighted by molar-refractivity contribution is 0.494. The number of rotatable bonds is 2. The molecular weight excluding hydrogens is 302 g/mol. The Balaban J connectivity index is 1.73. The van der Waals surface area contributed by atoms with Crippen molar-refractivity contribution < 1.29 is 0 Å². The van der Waals surface area contributed by atoms with Crippen molar-refractivity contribution in [2.75, 3.05) is 18.0 Å². The summed E-state index contributed by atoms with van der Waals surface area (Å²) in [4.78, 5) is 6.70. The van der Waals surface area contributed by atoms with Gasteiger partial charge in [0, 0.05) is 30.8 Å². The molecule has 2 aromatic heterocycles. The standard InChI is InChI=1S/C10H12BrN5S/c1-7-13-10(17-14-7)15-3-2-9(6-15)16-5-8(11)4-12-16/h4-5,9H,2-3,6H2,1H3. The van der Waals surface area contributed by atoms with Crippen LogP contribution in [0.1, 0.15) is 18.3 Å². The Labute approximate surface area is 112 Å². The number of aryl methyl sites for hydroxylation is 1. The molecule has 2 aromatic rings. The molecule has 0 radical (unpaired) electrons. The molecule has 0 aliphatic carbocycles. The molecule has 7 heteroatoms. The first-order chi connectivity index (χ1) is 8.22. The summed E-state index contributed by atoms with van der Waals surface area (Å²) in [6, 6.07) is 0.436. The van der Waals surface area contributed by atoms with Crippen molar-refractivity contribution in [3.05, 3.63) is 22.7 Å². The minimum atomic E-state index is 0.436. The molecule has 3 heterocycles. The van der Waals surface area contributed by atoms with Gasteiger partial charge in [-0.2, -0.15) is 9.47 Å². The van der Waals surface area contributed by atoms with E-state index < -0.39 is 0 Å². The van der Waals surface area contributed by atoms with Gasteiger partial charge in [0.1, 0.15) is 5.82 Å². The molecule has 90 valence electrons. The maximum Gasteiger partial charge on any atom is 0.205 e. The second kappa shape index (κ2) is 4.38. The molecule has 1 saturated heterocycles. The van der Waals surface area contributed by atoms with E-state index in [-0.39, 0.29) is 0 Å². The predicted molar refractivity (Wildman–Crippen MR) is 70.4 cm³/mol. The van der Waals surface area contributed by atoms with Crippen LogP contribution < -0.4 is 4.90 Å². The van der Waals surface area contributed by atoms with Crippen LogP contribution in [0.4, 0.5) is 5.13 Å². The monoisotopic (exact) mass is 313 g/mol. The van der Waals surface area contributed by atoms with Crippen LogP contribution in [0.15, 0.2) is 16.9 Å². The van der Waals surface area contributed by atoms with Gasteiger partial charge in [-0.1, -0.05) is 0 Å². The van der Waals surface area contributed by atoms with Crippen LogP contribution in [0.2, 0.25) is 0 Å². The quantitative estimate of drug-likeness (QED) is 0.853. The first kappa shape index (κ1) is 11.2. The van der Waals surface area contributed by atoms with Crippen molar-refractivity contribution in [1.29, 1.82) is 0 Å². The summed E-state index contributed by atoms with van der Waals surface area (Å²) in [5, 5.41) is 5.37. The molecule has 1 aliphatic rings. The molecule has 1 unspecified atom stereocenters. The van der Waals surface area contributed by atoms with E-state index in [0.717, 1.165) is 34.9 Å². The summed E-state index contributed by atoms with van der Waals surface area (Å²) in [6.07, 6.45) is 4.96. The van der Waals surface area contributed by atoms with Gasteiger partial charge in [0.15, 0.2) is 0 Å². The van der Waals surface area contributed by atoms with E-state index in [2.05, 4.69) is 35.3 Å². The van der Waals surface area contributed by atoms with Crippen LogP contribution in [0.25, 0.3) is 0 Å². The third kappa shape index (κ3) is 2.21. The molecule has 3 rings (SSSR count). The van der Waals surface area contributed by atoms with Crippen molar-refractivity contribution in [1.82, 2.24) is 19.1 Å². The highest BCUT2D eigenvalue weighted by atomic mass is 79.9. The molecule has 17 heavy (non-hydrogen) atoms. The maximum atomic E-state index is 4.42. The van der Waals surface area contributed by atoms with Gasteiger partial charge in [-0.15, -0.1) is 0 Å². The van der Waals surface area contributed by atoms with E-state index in [1.54, 1.807) is 0 Å². The number of halogens is 1. The smallest absolute Gasteiger partial charge is 0.205 e. The number of aromatic nitrogens is 4. The zero-order chi connectivity index (χ0) is 11.8. The Morgan fingerprint density at radius 2 is 2.41 bits per heavy atom. The Bertz CT molecular complexity index is 476. The van der Waals surface area contributed by atoms with Crippen LogP contribution in [-0.4, -0.2) is 32.2 Å². The summed E-state index contributed by atoms with van der Waals surface area (Å²) >= 11 is 4.90. The van der Waals surface area contributed by atoms with Gasteiger partial charge in [0.2, 0.25) is 5.13 Å². The molecule has 0 N–H and O–H groups in total. The largest absolute Gasteiger partial charge is 0.345 e. The van der Waals surface area contributed by atoms with Gasteiger partial charge < -0.3 is 4.90 Å². The van der Waals surface area contributed by atoms with Crippen LogP contribution in [0, 0.1) is 6.92 Å². The second-order valence-corrected chi connectivity index (χ2v) is 5.80. The lowest BCUT2D eigenvalue weighted by Gasteiger charge is -2.14. The minimum Gasteiger partial charge on any atom is -0.345 e. The lowest BCUT2D eigenvalue weighted by Crippen LogP contribution is -2.20. The van der Waals surface area contributed by atoms with Crippen LogP contribution in [-0.2, 0) is 0 Å². The molecule has 1 atom stereocenters. The van der Waals surface area contributed by atoms with Gasteiger partial charge in [0.05, 0.1) is 16.7 Å². The van der Waals surface area contributed by atoms with Crippen LogP contribution in [0.5, 0.6) is 0 Å². The van der Waals surface area contributed by atoms with E-state index in [0.29, 0.717) is 6.04 Å². The number of hydrogen-bond acceptors (Lipinski definition) is 5. The average molecular weight is 314 g/mol. The van der Waals surface area contributed by atoms with Crippen molar-refractivity contribution in [2.24, 2.45) is 0 Å². The Morgan fingerprint density at radius 1 is 1.53 bits per heavy atom. The van der Waals surface area contributed by atoms with E-state index in [1.807, 2.05) is 24.0 Å². The van der Waals surface area contributed by atoms with Crippen LogP contribution >= 0.6 is 27.5 Å². The fraction of sp³-hybridized carbons (Fsp3) is 0.500. The van der Waals surface area contributed by atoms with Crippen molar-refractivity contribution in [2.45, 2.75) is 19.4 Å². The highest BCUT2D eigenvalue weighted by molar-refractivity contribution is 9.10. The topological polar surface area (TPSA) is 46.8 Å². The molecule has 5 nitrogen and oxygen atoms in total. The zero-order valence-corrected chi connectivity index (χ0v) is 11.8. The normalized spacial score (nSPS) is 20.1. The summed E-state index contributed by atoms with van der Waals surface area (Å²) in [5.74, 6) is 0.857. The Hall–Kier alpha value is -0.950. The Kier molecular flexibility index (Phi) is 2.87. The molecule has 0 bridgehead atoms. The number of hydrogen-bond donors (Lipinski definition) is 0. The Morgan fingerprint density at radius 3 is 3.06 bits per heavy atom. The number of nitrogens with zero attached hydrogens (tertiary/aromatic N) is 5. The van der Waals surface area contributed by atoms with Gasteiger partial charge in [-0.3, -0.25) is 4.68 Å². The average Bonchev–Trinajstić information content (AvgIpc) is 2.96. The second-order valence-electron chi connectivity index (χ2n) is 4.15. The lowest BCUT2D eigenvalue weighted by atomic mass is 10.3. The summed E-state index contributed by atoms with van der Waals surface area (Å²) < 4.78 is 7.28. The van der Waals surface area contributed by atoms with Crippen molar-refractivity contribution in [3.63, 3.8) is 0 Å². The molecule has 1 fully saturated rings. The van der Waals surface area contributed by atoms with Crippen LogP contribution in [0.3, 0.4) is 0 Å². The van der Waals surface area contributed by atoms with Gasteiger partial charge >= 0.3 is 0 Å². The van der Waals surface area contributed by atoms with E-state index >= 15 is 0 Å². The van der Waals surface area contributed by atoms with Gasteiger partial charge in [-0.25, -0.2) is 4.98 Å². The summed E-state index contributed by atoms with van der Waals surface area (Å²) in [6.45, 7) is 3.91. The highest BCUT2D eigenvalue weighted by Crippen LogP contribution is 2.28. The van der Waals surface area contributed by atoms with Gasteiger partial charge in [-0.05, 0) is 29.3 Å². The fourth-order valence-electron chi connectivity index (χ4n) is 2.06. The van der Waals surface area contributed by atoms with Crippen molar-refractivity contribution in [3.8, 4) is 0 Å². The SMILES string of the molecule is Cc1nsc(N2CCC(n3cc(Br)cn3)C2)n1. The first-order valence-corrected chi connectivity index (χ1v) is 7.04. The van der Waals surface area contributed by atoms with Crippen molar-refractivity contribution >= 4 is 32.6 Å². The van der Waals surface area contributed by atoms with Gasteiger partial charge in [0.25, 0.3) is 0 Å². The third-order valence-electron chi connectivity index (χ3n) is 2.89.